The lowest BCUT2D eigenvalue weighted by Gasteiger charge is -2.14. The molecule has 0 aromatic carbocycles. The maximum Gasteiger partial charge on any atom is 0.336 e. The van der Waals surface area contributed by atoms with Crippen LogP contribution in [-0.2, 0) is 39.2 Å². The van der Waals surface area contributed by atoms with Crippen LogP contribution in [0.3, 0.4) is 0 Å². The first-order valence-electron chi connectivity index (χ1n) is 9.38. The first-order valence-corrected chi connectivity index (χ1v) is 10.5. The topological polar surface area (TPSA) is 159 Å². The van der Waals surface area contributed by atoms with Crippen molar-refractivity contribution in [2.75, 3.05) is 24.7 Å². The number of hydrogen-bond acceptors (Lipinski definition) is 10. The number of esters is 2. The second kappa shape index (κ2) is 12.9. The molecule has 1 rings (SSSR count). The van der Waals surface area contributed by atoms with E-state index in [0.717, 1.165) is 20.9 Å². The average molecular weight is 461 g/mol. The molecule has 0 spiro atoms. The smallest absolute Gasteiger partial charge is 0.336 e. The van der Waals surface area contributed by atoms with Gasteiger partial charge in [-0.1, -0.05) is 13.0 Å². The average Bonchev–Trinajstić information content (AvgIpc) is 2.75. The van der Waals surface area contributed by atoms with Crippen molar-refractivity contribution in [1.29, 1.82) is 0 Å². The molecule has 2 atom stereocenters. The number of hydrogen-bond donors (Lipinski definition) is 2. The summed E-state index contributed by atoms with van der Waals surface area (Å²) in [6, 6.07) is 0. The third-order valence-electron chi connectivity index (χ3n) is 3.99. The molecule has 0 amide bonds. The Kier molecular flexibility index (Phi) is 11.0. The van der Waals surface area contributed by atoms with Gasteiger partial charge in [0.2, 0.25) is 0 Å². The van der Waals surface area contributed by atoms with E-state index in [1.165, 1.54) is 13.1 Å². The standard InChI is InChI=1S/C18H27N3O9S/c1-4-6-20-16(26)19(3)17(27)21(18(20)28)7-13(23)9-30-15(25)11-31-10-14(24)29-8-12(22)5-2/h4,12-13,22-23H,1,5-11H2,2-3H3. The minimum atomic E-state index is -1.38. The van der Waals surface area contributed by atoms with Crippen molar-refractivity contribution in [3.63, 3.8) is 0 Å². The van der Waals surface area contributed by atoms with Crippen LogP contribution in [0.1, 0.15) is 13.3 Å². The lowest BCUT2D eigenvalue weighted by atomic mass is 10.3. The van der Waals surface area contributed by atoms with Crippen molar-refractivity contribution in [3.05, 3.63) is 44.1 Å². The maximum absolute atomic E-state index is 12.3. The molecule has 0 fully saturated rings. The van der Waals surface area contributed by atoms with Crippen LogP contribution < -0.4 is 17.1 Å². The summed E-state index contributed by atoms with van der Waals surface area (Å²) in [7, 11) is 1.19. The van der Waals surface area contributed by atoms with Crippen molar-refractivity contribution in [1.82, 2.24) is 13.7 Å². The molecular formula is C18H27N3O9S. The Hall–Kier alpha value is -2.64. The minimum absolute atomic E-state index is 0.117. The third-order valence-corrected chi connectivity index (χ3v) is 4.87. The van der Waals surface area contributed by atoms with Crippen molar-refractivity contribution in [2.45, 2.75) is 38.6 Å². The predicted molar refractivity (Wildman–Crippen MR) is 112 cm³/mol. The van der Waals surface area contributed by atoms with Crippen LogP contribution in [0.2, 0.25) is 0 Å². The quantitative estimate of drug-likeness (QED) is 0.245. The van der Waals surface area contributed by atoms with E-state index in [1.807, 2.05) is 0 Å². The highest BCUT2D eigenvalue weighted by molar-refractivity contribution is 8.00. The fourth-order valence-corrected chi connectivity index (χ4v) is 2.86. The van der Waals surface area contributed by atoms with E-state index in [1.54, 1.807) is 6.92 Å². The number of nitrogens with zero attached hydrogens (tertiary/aromatic N) is 3. The van der Waals surface area contributed by atoms with Crippen LogP contribution in [0.15, 0.2) is 27.0 Å². The SMILES string of the molecule is C=CCn1c(=O)n(C)c(=O)n(CC(O)COC(=O)CSCC(=O)OCC(O)CC)c1=O. The monoisotopic (exact) mass is 461 g/mol. The summed E-state index contributed by atoms with van der Waals surface area (Å²) < 4.78 is 11.9. The number of allylic oxidation sites excluding steroid dienone is 1. The van der Waals surface area contributed by atoms with Crippen molar-refractivity contribution < 1.29 is 29.3 Å². The fraction of sp³-hybridized carbons (Fsp3) is 0.611. The molecule has 0 aliphatic heterocycles. The van der Waals surface area contributed by atoms with E-state index in [9.17, 15) is 34.2 Å². The molecule has 0 saturated carbocycles. The van der Waals surface area contributed by atoms with Gasteiger partial charge in [0.25, 0.3) is 0 Å². The van der Waals surface area contributed by atoms with Gasteiger partial charge < -0.3 is 19.7 Å². The predicted octanol–water partition coefficient (Wildman–Crippen LogP) is -2.15. The van der Waals surface area contributed by atoms with E-state index < -0.39 is 54.4 Å². The molecule has 13 heteroatoms. The third kappa shape index (κ3) is 8.19. The van der Waals surface area contributed by atoms with Crippen LogP contribution in [0.5, 0.6) is 0 Å². The van der Waals surface area contributed by atoms with E-state index >= 15 is 0 Å². The zero-order chi connectivity index (χ0) is 23.6. The van der Waals surface area contributed by atoms with Gasteiger partial charge in [0.1, 0.15) is 19.3 Å². The molecule has 2 unspecified atom stereocenters. The Balaban J connectivity index is 2.55. The lowest BCUT2D eigenvalue weighted by molar-refractivity contribution is -0.143. The summed E-state index contributed by atoms with van der Waals surface area (Å²) >= 11 is 0.932. The van der Waals surface area contributed by atoms with Crippen LogP contribution in [0.4, 0.5) is 0 Å². The Bertz CT molecular complexity index is 950. The summed E-state index contributed by atoms with van der Waals surface area (Å²) in [6.07, 6.45) is -0.354. The van der Waals surface area contributed by atoms with Gasteiger partial charge >= 0.3 is 29.0 Å². The molecule has 1 aromatic heterocycles. The maximum atomic E-state index is 12.3. The Morgan fingerprint density at radius 3 is 2.03 bits per heavy atom. The molecule has 2 N–H and O–H groups in total. The summed E-state index contributed by atoms with van der Waals surface area (Å²) in [5.41, 5.74) is -2.64. The van der Waals surface area contributed by atoms with Crippen LogP contribution >= 0.6 is 11.8 Å². The largest absolute Gasteiger partial charge is 0.462 e. The highest BCUT2D eigenvalue weighted by atomic mass is 32.2. The summed E-state index contributed by atoms with van der Waals surface area (Å²) in [5.74, 6) is -1.62. The van der Waals surface area contributed by atoms with Gasteiger partial charge in [-0.2, -0.15) is 0 Å². The van der Waals surface area contributed by atoms with E-state index in [2.05, 4.69) is 6.58 Å². The number of rotatable bonds is 13. The van der Waals surface area contributed by atoms with E-state index in [-0.39, 0.29) is 24.7 Å². The number of ether oxygens (including phenoxy) is 2. The molecule has 31 heavy (non-hydrogen) atoms. The zero-order valence-corrected chi connectivity index (χ0v) is 18.2. The molecule has 174 valence electrons. The van der Waals surface area contributed by atoms with Gasteiger partial charge in [-0.3, -0.25) is 9.59 Å². The summed E-state index contributed by atoms with van der Waals surface area (Å²) in [5, 5.41) is 19.4. The number of aliphatic hydroxyl groups excluding tert-OH is 2. The number of aliphatic hydroxyl groups is 2. The molecule has 1 heterocycles. The molecular weight excluding hydrogens is 434 g/mol. The summed E-state index contributed by atoms with van der Waals surface area (Å²) in [6.45, 7) is 3.96. The van der Waals surface area contributed by atoms with Gasteiger partial charge in [0.05, 0.1) is 30.7 Å². The Morgan fingerprint density at radius 1 is 1.00 bits per heavy atom. The molecule has 1 aromatic rings. The summed E-state index contributed by atoms with van der Waals surface area (Å²) in [4.78, 5) is 59.7. The first kappa shape index (κ1) is 26.4. The van der Waals surface area contributed by atoms with E-state index in [0.29, 0.717) is 11.0 Å². The molecule has 0 bridgehead atoms. The highest BCUT2D eigenvalue weighted by Gasteiger charge is 2.17. The molecule has 0 aliphatic carbocycles. The van der Waals surface area contributed by atoms with Crippen molar-refractivity contribution in [3.8, 4) is 0 Å². The molecule has 0 radical (unpaired) electrons. The number of aromatic nitrogens is 3. The molecule has 12 nitrogen and oxygen atoms in total. The molecule has 0 saturated heterocycles. The number of thioether (sulfide) groups is 1. The van der Waals surface area contributed by atoms with Gasteiger partial charge in [-0.15, -0.1) is 18.3 Å². The van der Waals surface area contributed by atoms with Crippen LogP contribution in [-0.4, -0.2) is 72.8 Å². The number of carbonyl (C=O) groups excluding carboxylic acids is 2. The van der Waals surface area contributed by atoms with Crippen molar-refractivity contribution in [2.24, 2.45) is 7.05 Å². The van der Waals surface area contributed by atoms with Gasteiger partial charge in [-0.05, 0) is 6.42 Å². The fourth-order valence-electron chi connectivity index (χ4n) is 2.26. The van der Waals surface area contributed by atoms with Crippen LogP contribution in [0, 0.1) is 0 Å². The Labute approximate surface area is 181 Å². The Morgan fingerprint density at radius 2 is 1.52 bits per heavy atom. The van der Waals surface area contributed by atoms with E-state index in [4.69, 9.17) is 9.47 Å². The highest BCUT2D eigenvalue weighted by Crippen LogP contribution is 2.03. The van der Waals surface area contributed by atoms with Crippen LogP contribution in [0.25, 0.3) is 0 Å². The normalized spacial score (nSPS) is 12.8. The van der Waals surface area contributed by atoms with Crippen molar-refractivity contribution >= 4 is 23.7 Å². The van der Waals surface area contributed by atoms with Gasteiger partial charge in [-0.25, -0.2) is 28.1 Å². The second-order valence-corrected chi connectivity index (χ2v) is 7.48. The second-order valence-electron chi connectivity index (χ2n) is 6.49. The first-order chi connectivity index (χ1) is 14.6. The zero-order valence-electron chi connectivity index (χ0n) is 17.4. The van der Waals surface area contributed by atoms with Gasteiger partial charge in [0, 0.05) is 7.05 Å². The molecule has 0 aliphatic rings. The van der Waals surface area contributed by atoms with Gasteiger partial charge in [0.15, 0.2) is 0 Å². The lowest BCUT2D eigenvalue weighted by Crippen LogP contribution is -2.54. The number of carbonyl (C=O) groups is 2. The minimum Gasteiger partial charge on any atom is -0.462 e.